The van der Waals surface area contributed by atoms with Gasteiger partial charge in [-0.25, -0.2) is 0 Å². The molecule has 0 bridgehead atoms. The van der Waals surface area contributed by atoms with Gasteiger partial charge in [0, 0.05) is 25.8 Å². The highest BCUT2D eigenvalue weighted by Crippen LogP contribution is 2.47. The van der Waals surface area contributed by atoms with Gasteiger partial charge < -0.3 is 10.1 Å². The molecule has 2 fully saturated rings. The number of hydrogen-bond acceptors (Lipinski definition) is 2. The van der Waals surface area contributed by atoms with Gasteiger partial charge in [-0.1, -0.05) is 6.92 Å². The molecule has 1 atom stereocenters. The van der Waals surface area contributed by atoms with Gasteiger partial charge in [-0.15, -0.1) is 0 Å². The van der Waals surface area contributed by atoms with Gasteiger partial charge in [0.1, 0.15) is 0 Å². The first-order valence-electron chi connectivity index (χ1n) is 6.16. The van der Waals surface area contributed by atoms with Crippen LogP contribution in [0.25, 0.3) is 0 Å². The normalized spacial score (nSPS) is 31.1. The van der Waals surface area contributed by atoms with Crippen molar-refractivity contribution in [3.8, 4) is 0 Å². The van der Waals surface area contributed by atoms with Gasteiger partial charge >= 0.3 is 0 Å². The molecule has 0 amide bonds. The fourth-order valence-electron chi connectivity index (χ4n) is 2.30. The van der Waals surface area contributed by atoms with Crippen molar-refractivity contribution in [3.63, 3.8) is 0 Å². The van der Waals surface area contributed by atoms with Crippen LogP contribution in [0.3, 0.4) is 0 Å². The summed E-state index contributed by atoms with van der Waals surface area (Å²) in [7, 11) is 0. The second kappa shape index (κ2) is 4.63. The van der Waals surface area contributed by atoms with E-state index in [1.165, 1.54) is 45.1 Å². The summed E-state index contributed by atoms with van der Waals surface area (Å²) >= 11 is 0. The zero-order valence-electron chi connectivity index (χ0n) is 9.35. The number of hydrogen-bond donors (Lipinski definition) is 1. The standard InChI is InChI=1S/C12H23NO/c1-2-12(6-7-12)10-13-11-4-3-8-14-9-5-11/h11,13H,2-10H2,1H3. The molecule has 1 saturated heterocycles. The molecule has 0 spiro atoms. The molecule has 14 heavy (non-hydrogen) atoms. The maximum absolute atomic E-state index is 5.46. The summed E-state index contributed by atoms with van der Waals surface area (Å²) in [6, 6.07) is 0.724. The fraction of sp³-hybridized carbons (Fsp3) is 1.00. The molecule has 1 unspecified atom stereocenters. The highest BCUT2D eigenvalue weighted by Gasteiger charge is 2.40. The molecule has 82 valence electrons. The molecular weight excluding hydrogens is 174 g/mol. The Morgan fingerprint density at radius 2 is 2.14 bits per heavy atom. The predicted octanol–water partition coefficient (Wildman–Crippen LogP) is 2.34. The van der Waals surface area contributed by atoms with Crippen LogP contribution in [0.15, 0.2) is 0 Å². The Balaban J connectivity index is 1.68. The van der Waals surface area contributed by atoms with Crippen LogP contribution < -0.4 is 5.32 Å². The van der Waals surface area contributed by atoms with Crippen molar-refractivity contribution < 1.29 is 4.74 Å². The van der Waals surface area contributed by atoms with Gasteiger partial charge in [0.05, 0.1) is 0 Å². The molecule has 0 aromatic rings. The number of ether oxygens (including phenoxy) is 1. The summed E-state index contributed by atoms with van der Waals surface area (Å²) in [5.74, 6) is 0. The van der Waals surface area contributed by atoms with Crippen molar-refractivity contribution in [2.45, 2.75) is 51.5 Å². The predicted molar refractivity (Wildman–Crippen MR) is 58.4 cm³/mol. The topological polar surface area (TPSA) is 21.3 Å². The van der Waals surface area contributed by atoms with Gasteiger partial charge in [0.15, 0.2) is 0 Å². The first kappa shape index (κ1) is 10.4. The van der Waals surface area contributed by atoms with E-state index in [9.17, 15) is 0 Å². The van der Waals surface area contributed by atoms with Gasteiger partial charge in [-0.3, -0.25) is 0 Å². The van der Waals surface area contributed by atoms with Crippen LogP contribution in [-0.4, -0.2) is 25.8 Å². The van der Waals surface area contributed by atoms with Crippen molar-refractivity contribution in [2.75, 3.05) is 19.8 Å². The highest BCUT2D eigenvalue weighted by molar-refractivity contribution is 4.94. The third-order valence-electron chi connectivity index (χ3n) is 3.92. The van der Waals surface area contributed by atoms with Gasteiger partial charge in [0.2, 0.25) is 0 Å². The molecule has 2 rings (SSSR count). The van der Waals surface area contributed by atoms with Crippen LogP contribution in [0.2, 0.25) is 0 Å². The van der Waals surface area contributed by atoms with Crippen molar-refractivity contribution in [1.29, 1.82) is 0 Å². The molecule has 0 radical (unpaired) electrons. The van der Waals surface area contributed by atoms with Crippen molar-refractivity contribution in [3.05, 3.63) is 0 Å². The van der Waals surface area contributed by atoms with E-state index in [-0.39, 0.29) is 0 Å². The summed E-state index contributed by atoms with van der Waals surface area (Å²) in [6.45, 7) is 5.49. The number of nitrogens with one attached hydrogen (secondary N) is 1. The molecule has 2 nitrogen and oxygen atoms in total. The van der Waals surface area contributed by atoms with Crippen LogP contribution in [0, 0.1) is 5.41 Å². The zero-order chi connectivity index (χ0) is 9.86. The number of rotatable bonds is 4. The Hall–Kier alpha value is -0.0800. The SMILES string of the molecule is CCC1(CNC2CCCOCC2)CC1. The molecule has 2 heteroatoms. The summed E-state index contributed by atoms with van der Waals surface area (Å²) in [6.07, 6.45) is 7.99. The van der Waals surface area contributed by atoms with Crippen molar-refractivity contribution >= 4 is 0 Å². The minimum atomic E-state index is 0.688. The van der Waals surface area contributed by atoms with Gasteiger partial charge in [-0.05, 0) is 43.9 Å². The maximum atomic E-state index is 5.46. The quantitative estimate of drug-likeness (QED) is 0.747. The molecule has 1 aliphatic heterocycles. The third-order valence-corrected chi connectivity index (χ3v) is 3.92. The van der Waals surface area contributed by atoms with E-state index in [1.807, 2.05) is 0 Å². The summed E-state index contributed by atoms with van der Waals surface area (Å²) in [4.78, 5) is 0. The van der Waals surface area contributed by atoms with E-state index in [4.69, 9.17) is 4.74 Å². The monoisotopic (exact) mass is 197 g/mol. The second-order valence-corrected chi connectivity index (χ2v) is 4.97. The Bertz CT molecular complexity index is 169. The average molecular weight is 197 g/mol. The lowest BCUT2D eigenvalue weighted by Gasteiger charge is -2.20. The fourth-order valence-corrected chi connectivity index (χ4v) is 2.30. The van der Waals surface area contributed by atoms with E-state index in [0.717, 1.165) is 19.3 Å². The maximum Gasteiger partial charge on any atom is 0.0480 e. The van der Waals surface area contributed by atoms with Crippen LogP contribution in [-0.2, 0) is 4.74 Å². The smallest absolute Gasteiger partial charge is 0.0480 e. The summed E-state index contributed by atoms with van der Waals surface area (Å²) < 4.78 is 5.46. The molecule has 0 aromatic carbocycles. The molecule has 2 aliphatic rings. The summed E-state index contributed by atoms with van der Waals surface area (Å²) in [5, 5.41) is 3.74. The molecule has 1 heterocycles. The van der Waals surface area contributed by atoms with Crippen molar-refractivity contribution in [1.82, 2.24) is 5.32 Å². The Labute approximate surface area is 87.4 Å². The summed E-state index contributed by atoms with van der Waals surface area (Å²) in [5.41, 5.74) is 0.688. The largest absolute Gasteiger partial charge is 0.381 e. The highest BCUT2D eigenvalue weighted by atomic mass is 16.5. The average Bonchev–Trinajstić information content (AvgIpc) is 3.01. The van der Waals surface area contributed by atoms with Crippen LogP contribution in [0.4, 0.5) is 0 Å². The Kier molecular flexibility index (Phi) is 3.45. The Morgan fingerprint density at radius 3 is 2.86 bits per heavy atom. The lowest BCUT2D eigenvalue weighted by atomic mass is 10.0. The minimum Gasteiger partial charge on any atom is -0.381 e. The van der Waals surface area contributed by atoms with Gasteiger partial charge in [-0.2, -0.15) is 0 Å². The van der Waals surface area contributed by atoms with Crippen LogP contribution >= 0.6 is 0 Å². The molecule has 1 N–H and O–H groups in total. The third kappa shape index (κ3) is 2.71. The minimum absolute atomic E-state index is 0.688. The van der Waals surface area contributed by atoms with E-state index in [1.54, 1.807) is 0 Å². The molecular formula is C12H23NO. The van der Waals surface area contributed by atoms with Gasteiger partial charge in [0.25, 0.3) is 0 Å². The van der Waals surface area contributed by atoms with E-state index in [0.29, 0.717) is 5.41 Å². The van der Waals surface area contributed by atoms with Crippen LogP contribution in [0.5, 0.6) is 0 Å². The van der Waals surface area contributed by atoms with E-state index in [2.05, 4.69) is 12.2 Å². The molecule has 1 saturated carbocycles. The van der Waals surface area contributed by atoms with E-state index >= 15 is 0 Å². The zero-order valence-corrected chi connectivity index (χ0v) is 9.35. The lowest BCUT2D eigenvalue weighted by Crippen LogP contribution is -2.34. The molecule has 0 aromatic heterocycles. The van der Waals surface area contributed by atoms with Crippen LogP contribution in [0.1, 0.15) is 45.4 Å². The first-order valence-corrected chi connectivity index (χ1v) is 6.16. The van der Waals surface area contributed by atoms with E-state index < -0.39 is 0 Å². The first-order chi connectivity index (χ1) is 6.85. The lowest BCUT2D eigenvalue weighted by molar-refractivity contribution is 0.142. The second-order valence-electron chi connectivity index (χ2n) is 4.97. The molecule has 1 aliphatic carbocycles. The Morgan fingerprint density at radius 1 is 1.29 bits per heavy atom. The van der Waals surface area contributed by atoms with Crippen molar-refractivity contribution in [2.24, 2.45) is 5.41 Å².